The van der Waals surface area contributed by atoms with Gasteiger partial charge in [-0.1, -0.05) is 55.1 Å². The minimum atomic E-state index is 0.587. The molecule has 0 unspecified atom stereocenters. The molecule has 1 aromatic heterocycles. The summed E-state index contributed by atoms with van der Waals surface area (Å²) in [6, 6.07) is 8.01. The summed E-state index contributed by atoms with van der Waals surface area (Å²) in [5, 5.41) is 1.19. The van der Waals surface area contributed by atoms with E-state index in [1.165, 1.54) is 44.1 Å². The third kappa shape index (κ3) is 3.34. The maximum absolute atomic E-state index is 6.41. The fourth-order valence-electron chi connectivity index (χ4n) is 4.74. The molecule has 138 valence electrons. The molecule has 2 heterocycles. The molecule has 1 aromatic carbocycles. The van der Waals surface area contributed by atoms with E-state index in [-0.39, 0.29) is 0 Å². The predicted molar refractivity (Wildman–Crippen MR) is 111 cm³/mol. The van der Waals surface area contributed by atoms with E-state index in [4.69, 9.17) is 28.2 Å². The van der Waals surface area contributed by atoms with Gasteiger partial charge in [-0.2, -0.15) is 0 Å². The Morgan fingerprint density at radius 1 is 1.08 bits per heavy atom. The Hall–Kier alpha value is -1.25. The lowest BCUT2D eigenvalue weighted by atomic mass is 9.77. The van der Waals surface area contributed by atoms with E-state index in [0.717, 1.165) is 36.5 Å². The normalized spacial score (nSPS) is 19.3. The standard InChI is InChI=1S/C22H26Cl2N2/c1-2-16-14-17(18-6-5-7-19(23)20(18)24)15-25-21(16)26-12-10-22(11-13-26)8-3-4-9-22/h5-7,14-15H,2-4,8-13H2,1H3. The lowest BCUT2D eigenvalue weighted by Crippen LogP contribution is -2.39. The molecule has 0 radical (unpaired) electrons. The van der Waals surface area contributed by atoms with Crippen molar-refractivity contribution in [1.82, 2.24) is 4.98 Å². The quantitative estimate of drug-likeness (QED) is 0.575. The average Bonchev–Trinajstić information content (AvgIpc) is 3.12. The molecule has 1 aliphatic carbocycles. The molecule has 4 heteroatoms. The van der Waals surface area contributed by atoms with Crippen LogP contribution in [0.5, 0.6) is 0 Å². The van der Waals surface area contributed by atoms with E-state index in [1.54, 1.807) is 0 Å². The van der Waals surface area contributed by atoms with Gasteiger partial charge in [-0.25, -0.2) is 4.98 Å². The molecule has 1 saturated heterocycles. The van der Waals surface area contributed by atoms with E-state index >= 15 is 0 Å². The minimum Gasteiger partial charge on any atom is -0.356 e. The topological polar surface area (TPSA) is 16.1 Å². The SMILES string of the molecule is CCc1cc(-c2cccc(Cl)c2Cl)cnc1N1CCC2(CCCC2)CC1. The van der Waals surface area contributed by atoms with Gasteiger partial charge in [0.05, 0.1) is 10.0 Å². The summed E-state index contributed by atoms with van der Waals surface area (Å²) >= 11 is 12.6. The zero-order chi connectivity index (χ0) is 18.1. The van der Waals surface area contributed by atoms with Gasteiger partial charge in [0, 0.05) is 30.4 Å². The molecular formula is C22H26Cl2N2. The highest BCUT2D eigenvalue weighted by atomic mass is 35.5. The minimum absolute atomic E-state index is 0.587. The number of pyridine rings is 1. The van der Waals surface area contributed by atoms with Crippen LogP contribution in [0.3, 0.4) is 0 Å². The van der Waals surface area contributed by atoms with Crippen molar-refractivity contribution in [1.29, 1.82) is 0 Å². The van der Waals surface area contributed by atoms with Crippen LogP contribution < -0.4 is 4.90 Å². The van der Waals surface area contributed by atoms with Gasteiger partial charge < -0.3 is 4.90 Å². The van der Waals surface area contributed by atoms with Gasteiger partial charge in [0.2, 0.25) is 0 Å². The first kappa shape index (κ1) is 18.1. The third-order valence-electron chi connectivity index (χ3n) is 6.37. The highest BCUT2D eigenvalue weighted by molar-refractivity contribution is 6.43. The summed E-state index contributed by atoms with van der Waals surface area (Å²) in [5.74, 6) is 1.15. The predicted octanol–water partition coefficient (Wildman–Crippen LogP) is 6.78. The van der Waals surface area contributed by atoms with Crippen LogP contribution >= 0.6 is 23.2 Å². The van der Waals surface area contributed by atoms with Crippen molar-refractivity contribution in [3.8, 4) is 11.1 Å². The van der Waals surface area contributed by atoms with Crippen LogP contribution in [0.1, 0.15) is 51.0 Å². The Kier molecular flexibility index (Phi) is 5.16. The lowest BCUT2D eigenvalue weighted by Gasteiger charge is -2.40. The number of aryl methyl sites for hydroxylation is 1. The average molecular weight is 389 g/mol. The molecule has 0 bridgehead atoms. The van der Waals surface area contributed by atoms with Crippen molar-refractivity contribution < 1.29 is 0 Å². The maximum Gasteiger partial charge on any atom is 0.131 e. The van der Waals surface area contributed by atoms with Gasteiger partial charge in [0.15, 0.2) is 0 Å². The highest BCUT2D eigenvalue weighted by Crippen LogP contribution is 2.47. The molecule has 4 rings (SSSR count). The molecule has 26 heavy (non-hydrogen) atoms. The second kappa shape index (κ2) is 7.40. The molecule has 0 atom stereocenters. The first-order chi connectivity index (χ1) is 12.6. The number of halogens is 2. The van der Waals surface area contributed by atoms with Gasteiger partial charge in [-0.15, -0.1) is 0 Å². The number of rotatable bonds is 3. The Labute approximate surface area is 166 Å². The number of hydrogen-bond acceptors (Lipinski definition) is 2. The smallest absolute Gasteiger partial charge is 0.131 e. The molecular weight excluding hydrogens is 363 g/mol. The Morgan fingerprint density at radius 3 is 2.50 bits per heavy atom. The van der Waals surface area contributed by atoms with E-state index in [9.17, 15) is 0 Å². The van der Waals surface area contributed by atoms with E-state index < -0.39 is 0 Å². The summed E-state index contributed by atoms with van der Waals surface area (Å²) in [6.07, 6.45) is 11.3. The van der Waals surface area contributed by atoms with Crippen molar-refractivity contribution in [2.24, 2.45) is 5.41 Å². The number of anilines is 1. The molecule has 0 amide bonds. The van der Waals surface area contributed by atoms with Crippen molar-refractivity contribution in [2.75, 3.05) is 18.0 Å². The second-order valence-corrected chi connectivity index (χ2v) is 8.64. The van der Waals surface area contributed by atoms with Crippen molar-refractivity contribution >= 4 is 29.0 Å². The lowest BCUT2D eigenvalue weighted by molar-refractivity contribution is 0.226. The molecule has 1 aliphatic heterocycles. The summed E-state index contributed by atoms with van der Waals surface area (Å²) in [6.45, 7) is 4.47. The number of hydrogen-bond donors (Lipinski definition) is 0. The van der Waals surface area contributed by atoms with Crippen LogP contribution in [0, 0.1) is 5.41 Å². The van der Waals surface area contributed by atoms with Gasteiger partial charge in [-0.05, 0) is 55.2 Å². The fraction of sp³-hybridized carbons (Fsp3) is 0.500. The van der Waals surface area contributed by atoms with Crippen LogP contribution in [0.25, 0.3) is 11.1 Å². The summed E-state index contributed by atoms with van der Waals surface area (Å²) < 4.78 is 0. The van der Waals surface area contributed by atoms with Gasteiger partial charge >= 0.3 is 0 Å². The second-order valence-electron chi connectivity index (χ2n) is 7.86. The van der Waals surface area contributed by atoms with Crippen LogP contribution in [-0.4, -0.2) is 18.1 Å². The first-order valence-corrected chi connectivity index (χ1v) is 10.6. The van der Waals surface area contributed by atoms with Crippen LogP contribution in [0.2, 0.25) is 10.0 Å². The van der Waals surface area contributed by atoms with Gasteiger partial charge in [0.1, 0.15) is 5.82 Å². The molecule has 1 saturated carbocycles. The molecule has 0 N–H and O–H groups in total. The first-order valence-electron chi connectivity index (χ1n) is 9.80. The molecule has 2 nitrogen and oxygen atoms in total. The van der Waals surface area contributed by atoms with Gasteiger partial charge in [-0.3, -0.25) is 0 Å². The molecule has 1 spiro atoms. The largest absolute Gasteiger partial charge is 0.356 e. The number of piperidine rings is 1. The third-order valence-corrected chi connectivity index (χ3v) is 7.19. The van der Waals surface area contributed by atoms with Crippen LogP contribution in [-0.2, 0) is 6.42 Å². The fourth-order valence-corrected chi connectivity index (χ4v) is 5.15. The summed E-state index contributed by atoms with van der Waals surface area (Å²) in [7, 11) is 0. The number of aromatic nitrogens is 1. The summed E-state index contributed by atoms with van der Waals surface area (Å²) in [4.78, 5) is 7.35. The zero-order valence-electron chi connectivity index (χ0n) is 15.4. The molecule has 2 aliphatic rings. The Morgan fingerprint density at radius 2 is 1.81 bits per heavy atom. The van der Waals surface area contributed by atoms with E-state index in [1.807, 2.05) is 24.4 Å². The zero-order valence-corrected chi connectivity index (χ0v) is 16.9. The molecule has 2 fully saturated rings. The Balaban J connectivity index is 1.59. The highest BCUT2D eigenvalue weighted by Gasteiger charge is 2.37. The van der Waals surface area contributed by atoms with Crippen molar-refractivity contribution in [3.05, 3.63) is 46.1 Å². The summed E-state index contributed by atoms with van der Waals surface area (Å²) in [5.41, 5.74) is 3.93. The Bertz CT molecular complexity index is 787. The number of benzene rings is 1. The monoisotopic (exact) mass is 388 g/mol. The van der Waals surface area contributed by atoms with E-state index in [0.29, 0.717) is 15.5 Å². The van der Waals surface area contributed by atoms with E-state index in [2.05, 4.69) is 17.9 Å². The maximum atomic E-state index is 6.41. The molecule has 2 aromatic rings. The van der Waals surface area contributed by atoms with Crippen LogP contribution in [0.4, 0.5) is 5.82 Å². The van der Waals surface area contributed by atoms with Gasteiger partial charge in [0.25, 0.3) is 0 Å². The van der Waals surface area contributed by atoms with Crippen molar-refractivity contribution in [2.45, 2.75) is 51.9 Å². The van der Waals surface area contributed by atoms with Crippen molar-refractivity contribution in [3.63, 3.8) is 0 Å². The number of nitrogens with zero attached hydrogens (tertiary/aromatic N) is 2. The van der Waals surface area contributed by atoms with Crippen LogP contribution in [0.15, 0.2) is 30.5 Å².